The molecule has 1 aliphatic carbocycles. The van der Waals surface area contributed by atoms with Crippen LogP contribution in [0.1, 0.15) is 43.0 Å². The number of hydrogen-bond acceptors (Lipinski definition) is 6. The molecule has 8 heteroatoms. The third-order valence-corrected chi connectivity index (χ3v) is 7.43. The number of carbonyl (C=O) groups is 1. The van der Waals surface area contributed by atoms with E-state index >= 15 is 0 Å². The van der Waals surface area contributed by atoms with Gasteiger partial charge in [-0.25, -0.2) is 4.98 Å². The molecular formula is C18H23N3O3S2. The van der Waals surface area contributed by atoms with E-state index < -0.39 is 11.2 Å². The summed E-state index contributed by atoms with van der Waals surface area (Å²) in [5, 5.41) is 0.909. The Morgan fingerprint density at radius 3 is 2.96 bits per heavy atom. The van der Waals surface area contributed by atoms with Crippen LogP contribution in [0.4, 0.5) is 0 Å². The van der Waals surface area contributed by atoms with E-state index in [1.54, 1.807) is 22.8 Å². The van der Waals surface area contributed by atoms with E-state index in [2.05, 4.69) is 0 Å². The van der Waals surface area contributed by atoms with Crippen molar-refractivity contribution >= 4 is 39.2 Å². The van der Waals surface area contributed by atoms with Gasteiger partial charge in [-0.2, -0.15) is 0 Å². The van der Waals surface area contributed by atoms with Gasteiger partial charge in [0.1, 0.15) is 4.83 Å². The van der Waals surface area contributed by atoms with Gasteiger partial charge >= 0.3 is 0 Å². The van der Waals surface area contributed by atoms with Crippen molar-refractivity contribution in [2.24, 2.45) is 5.73 Å². The fourth-order valence-electron chi connectivity index (χ4n) is 3.68. The van der Waals surface area contributed by atoms with Crippen LogP contribution >= 0.6 is 23.1 Å². The van der Waals surface area contributed by atoms with Crippen LogP contribution in [0.3, 0.4) is 0 Å². The van der Waals surface area contributed by atoms with Crippen LogP contribution in [-0.2, 0) is 28.9 Å². The first-order valence-corrected chi connectivity index (χ1v) is 10.9. The van der Waals surface area contributed by atoms with E-state index in [9.17, 15) is 9.59 Å². The van der Waals surface area contributed by atoms with Crippen molar-refractivity contribution in [3.8, 4) is 0 Å². The van der Waals surface area contributed by atoms with Crippen LogP contribution in [0, 0.1) is 0 Å². The first kappa shape index (κ1) is 18.0. The standard InChI is InChI=1S/C18H23N3O3S2/c1-10(15(19)22)25-18-20-16-14(12-6-2-3-7-13(12)26-16)17(23)21(18)9-11-5-4-8-24-11/h10-11H,2-9H2,1H3,(H2,19,22). The SMILES string of the molecule is CC(Sc1nc2sc3c(c2c(=O)n1CC1CCCO1)CCCC3)C(N)=O. The molecule has 2 N–H and O–H groups in total. The quantitative estimate of drug-likeness (QED) is 0.623. The highest BCUT2D eigenvalue weighted by Crippen LogP contribution is 2.35. The second-order valence-corrected chi connectivity index (χ2v) is 9.39. The molecule has 0 saturated carbocycles. The Hall–Kier alpha value is -1.38. The molecule has 0 bridgehead atoms. The Kier molecular flexibility index (Phi) is 5.07. The average Bonchev–Trinajstić information content (AvgIpc) is 3.25. The molecule has 2 atom stereocenters. The van der Waals surface area contributed by atoms with E-state index in [0.29, 0.717) is 11.7 Å². The number of aromatic nitrogens is 2. The fraction of sp³-hybridized carbons (Fsp3) is 0.611. The van der Waals surface area contributed by atoms with Crippen LogP contribution in [0.2, 0.25) is 0 Å². The lowest BCUT2D eigenvalue weighted by molar-refractivity contribution is -0.117. The molecule has 2 aromatic heterocycles. The summed E-state index contributed by atoms with van der Waals surface area (Å²) in [7, 11) is 0. The molecule has 2 aromatic rings. The van der Waals surface area contributed by atoms with Crippen LogP contribution in [0.25, 0.3) is 10.2 Å². The maximum atomic E-state index is 13.4. The number of nitrogens with zero attached hydrogens (tertiary/aromatic N) is 2. The second kappa shape index (κ2) is 7.32. The van der Waals surface area contributed by atoms with E-state index in [1.807, 2.05) is 0 Å². The maximum Gasteiger partial charge on any atom is 0.263 e. The van der Waals surface area contributed by atoms with Crippen molar-refractivity contribution in [3.05, 3.63) is 20.8 Å². The lowest BCUT2D eigenvalue weighted by Crippen LogP contribution is -2.30. The topological polar surface area (TPSA) is 87.2 Å². The molecular weight excluding hydrogens is 370 g/mol. The number of rotatable bonds is 5. The number of fused-ring (bicyclic) bond motifs is 3. The number of hydrogen-bond donors (Lipinski definition) is 1. The molecule has 6 nitrogen and oxygen atoms in total. The molecule has 1 amide bonds. The lowest BCUT2D eigenvalue weighted by atomic mass is 9.97. The molecule has 1 aliphatic heterocycles. The number of nitrogens with two attached hydrogens (primary N) is 1. The van der Waals surface area contributed by atoms with Crippen molar-refractivity contribution in [1.82, 2.24) is 9.55 Å². The summed E-state index contributed by atoms with van der Waals surface area (Å²) in [6.07, 6.45) is 6.27. The van der Waals surface area contributed by atoms with Crippen molar-refractivity contribution in [3.63, 3.8) is 0 Å². The van der Waals surface area contributed by atoms with Crippen LogP contribution in [0.5, 0.6) is 0 Å². The Bertz CT molecular complexity index is 899. The van der Waals surface area contributed by atoms with E-state index in [4.69, 9.17) is 15.5 Å². The number of aryl methyl sites for hydroxylation is 2. The van der Waals surface area contributed by atoms with Gasteiger partial charge in [-0.15, -0.1) is 11.3 Å². The third-order valence-electron chi connectivity index (χ3n) is 5.13. The fourth-order valence-corrected chi connectivity index (χ4v) is 5.85. The number of primary amides is 1. The molecule has 0 spiro atoms. The van der Waals surface area contributed by atoms with Gasteiger partial charge in [0, 0.05) is 11.5 Å². The minimum Gasteiger partial charge on any atom is -0.376 e. The zero-order valence-electron chi connectivity index (χ0n) is 14.8. The summed E-state index contributed by atoms with van der Waals surface area (Å²) in [5.74, 6) is -0.404. The molecule has 2 aliphatic rings. The molecule has 140 valence electrons. The number of ether oxygens (including phenoxy) is 1. The summed E-state index contributed by atoms with van der Waals surface area (Å²) in [4.78, 5) is 31.8. The van der Waals surface area contributed by atoms with E-state index in [-0.39, 0.29) is 11.7 Å². The zero-order valence-corrected chi connectivity index (χ0v) is 16.5. The third kappa shape index (κ3) is 3.30. The van der Waals surface area contributed by atoms with Gasteiger partial charge < -0.3 is 10.5 Å². The molecule has 0 radical (unpaired) electrons. The van der Waals surface area contributed by atoms with Crippen LogP contribution in [-0.4, -0.2) is 33.4 Å². The minimum absolute atomic E-state index is 0.00377. The monoisotopic (exact) mass is 393 g/mol. The smallest absolute Gasteiger partial charge is 0.263 e. The summed E-state index contributed by atoms with van der Waals surface area (Å²) in [5.41, 5.74) is 6.62. The summed E-state index contributed by atoms with van der Waals surface area (Å²) in [6, 6.07) is 0. The summed E-state index contributed by atoms with van der Waals surface area (Å²) in [6.45, 7) is 2.97. The number of thioether (sulfide) groups is 1. The number of thiophene rings is 1. The second-order valence-electron chi connectivity index (χ2n) is 7.00. The van der Waals surface area contributed by atoms with Gasteiger partial charge in [-0.1, -0.05) is 11.8 Å². The highest BCUT2D eigenvalue weighted by atomic mass is 32.2. The molecule has 4 rings (SSSR count). The van der Waals surface area contributed by atoms with E-state index in [1.165, 1.54) is 28.6 Å². The van der Waals surface area contributed by atoms with Gasteiger partial charge in [0.2, 0.25) is 5.91 Å². The van der Waals surface area contributed by atoms with E-state index in [0.717, 1.165) is 48.9 Å². The molecule has 1 saturated heterocycles. The summed E-state index contributed by atoms with van der Waals surface area (Å²) < 4.78 is 7.45. The Morgan fingerprint density at radius 1 is 1.42 bits per heavy atom. The average molecular weight is 394 g/mol. The van der Waals surface area contributed by atoms with Crippen molar-refractivity contribution in [1.29, 1.82) is 0 Å². The predicted molar refractivity (Wildman–Crippen MR) is 104 cm³/mol. The molecule has 3 heterocycles. The number of amides is 1. The molecule has 2 unspecified atom stereocenters. The lowest BCUT2D eigenvalue weighted by Gasteiger charge is -2.17. The predicted octanol–water partition coefficient (Wildman–Crippen LogP) is 2.48. The highest BCUT2D eigenvalue weighted by Gasteiger charge is 2.26. The first-order valence-electron chi connectivity index (χ1n) is 9.17. The van der Waals surface area contributed by atoms with Crippen LogP contribution in [0.15, 0.2) is 9.95 Å². The van der Waals surface area contributed by atoms with Crippen molar-refractivity contribution in [2.45, 2.75) is 68.5 Å². The first-order chi connectivity index (χ1) is 12.5. The Morgan fingerprint density at radius 2 is 2.23 bits per heavy atom. The molecule has 1 fully saturated rings. The Labute approximate surface area is 160 Å². The highest BCUT2D eigenvalue weighted by molar-refractivity contribution is 8.00. The maximum absolute atomic E-state index is 13.4. The van der Waals surface area contributed by atoms with Crippen LogP contribution < -0.4 is 11.3 Å². The minimum atomic E-state index is -0.440. The largest absolute Gasteiger partial charge is 0.376 e. The Balaban J connectivity index is 1.83. The van der Waals surface area contributed by atoms with Gasteiger partial charge in [-0.05, 0) is 51.0 Å². The van der Waals surface area contributed by atoms with Gasteiger partial charge in [0.15, 0.2) is 5.16 Å². The van der Waals surface area contributed by atoms with Gasteiger partial charge in [0.25, 0.3) is 5.56 Å². The van der Waals surface area contributed by atoms with Crippen molar-refractivity contribution in [2.75, 3.05) is 6.61 Å². The van der Waals surface area contributed by atoms with Crippen molar-refractivity contribution < 1.29 is 9.53 Å². The molecule has 26 heavy (non-hydrogen) atoms. The van der Waals surface area contributed by atoms with Gasteiger partial charge in [-0.3, -0.25) is 14.2 Å². The molecule has 0 aromatic carbocycles. The summed E-state index contributed by atoms with van der Waals surface area (Å²) >= 11 is 2.89. The number of carbonyl (C=O) groups excluding carboxylic acids is 1. The van der Waals surface area contributed by atoms with Gasteiger partial charge in [0.05, 0.1) is 23.3 Å². The normalized spacial score (nSPS) is 21.0. The zero-order chi connectivity index (χ0) is 18.3.